The summed E-state index contributed by atoms with van der Waals surface area (Å²) in [5.74, 6) is -0.984. The molecule has 388 valence electrons. The third-order valence-electron chi connectivity index (χ3n) is 11.4. The molecule has 0 radical (unpaired) electrons. The predicted octanol–water partition coefficient (Wildman–Crippen LogP) is 18.6. The van der Waals surface area contributed by atoms with Crippen LogP contribution >= 0.6 is 0 Å². The molecule has 0 fully saturated rings. The Bertz CT molecular complexity index is 1510. The van der Waals surface area contributed by atoms with Crippen molar-refractivity contribution in [3.63, 3.8) is 0 Å². The highest BCUT2D eigenvalue weighted by molar-refractivity contribution is 5.71. The quantitative estimate of drug-likeness (QED) is 0.0199. The van der Waals surface area contributed by atoms with E-state index >= 15 is 0 Å². The number of allylic oxidation sites excluding steroid dienone is 22. The first-order chi connectivity index (χ1) is 34.0. The Labute approximate surface area is 424 Å². The lowest BCUT2D eigenvalue weighted by molar-refractivity contribution is -0.167. The minimum absolute atomic E-state index is 0.110. The number of hydrogen-bond donors (Lipinski definition) is 0. The fraction of sp³-hybridized carbons (Fsp3) is 0.603. The first-order valence-electron chi connectivity index (χ1n) is 27.8. The molecule has 69 heavy (non-hydrogen) atoms. The second kappa shape index (κ2) is 56.1. The standard InChI is InChI=1S/C63H100O6/c1-4-7-10-13-16-19-22-25-27-29-31-33-35-38-41-44-47-50-53-56-62(65)68-59-60(58-67-61(64)55-52-49-46-43-40-37-24-21-18-15-12-9-6-3)69-63(66)57-54-51-48-45-42-39-36-34-32-30-28-26-23-20-17-14-11-8-5-2/h7,9-10,12-13,15-16,18-19,21-22,24-25,27,29-33,35,38,41,60H,4-6,8,11,14,17,20,23,26,28,34,36-37,39-40,42-59H2,1-3H3/b10-7+,12-9+,16-13+,18-15+,22-19+,24-21+,27-25+,31-29+,32-30+,35-33+,41-38+. The van der Waals surface area contributed by atoms with E-state index in [1.807, 2.05) is 72.9 Å². The van der Waals surface area contributed by atoms with Crippen LogP contribution in [0.3, 0.4) is 0 Å². The molecule has 6 heteroatoms. The van der Waals surface area contributed by atoms with Crippen molar-refractivity contribution in [2.45, 2.75) is 232 Å². The van der Waals surface area contributed by atoms with Crippen LogP contribution < -0.4 is 0 Å². The lowest BCUT2D eigenvalue weighted by Gasteiger charge is -2.18. The maximum absolute atomic E-state index is 12.9. The maximum atomic E-state index is 12.9. The molecule has 0 aromatic carbocycles. The molecule has 0 bridgehead atoms. The molecule has 0 N–H and O–H groups in total. The predicted molar refractivity (Wildman–Crippen MR) is 297 cm³/mol. The fourth-order valence-electron chi connectivity index (χ4n) is 7.24. The van der Waals surface area contributed by atoms with Crippen LogP contribution in [0.15, 0.2) is 134 Å². The van der Waals surface area contributed by atoms with Crippen LogP contribution in [0, 0.1) is 0 Å². The normalized spacial score (nSPS) is 13.1. The second-order valence-corrected chi connectivity index (χ2v) is 18.0. The number of unbranched alkanes of at least 4 members (excludes halogenated alkanes) is 23. The Hall–Kier alpha value is -4.45. The summed E-state index contributed by atoms with van der Waals surface area (Å²) in [4.78, 5) is 38.1. The van der Waals surface area contributed by atoms with Crippen LogP contribution in [0.25, 0.3) is 0 Å². The third-order valence-corrected chi connectivity index (χ3v) is 11.4. The van der Waals surface area contributed by atoms with Crippen molar-refractivity contribution in [3.8, 4) is 0 Å². The largest absolute Gasteiger partial charge is 0.462 e. The van der Waals surface area contributed by atoms with Crippen molar-refractivity contribution in [1.29, 1.82) is 0 Å². The van der Waals surface area contributed by atoms with E-state index in [1.165, 1.54) is 89.9 Å². The molecule has 0 aromatic rings. The van der Waals surface area contributed by atoms with E-state index in [2.05, 4.69) is 81.5 Å². The third kappa shape index (κ3) is 54.4. The van der Waals surface area contributed by atoms with Gasteiger partial charge in [-0.3, -0.25) is 14.4 Å². The van der Waals surface area contributed by atoms with Gasteiger partial charge in [-0.1, -0.05) is 257 Å². The van der Waals surface area contributed by atoms with E-state index in [1.54, 1.807) is 0 Å². The van der Waals surface area contributed by atoms with Gasteiger partial charge in [-0.05, 0) is 83.5 Å². The van der Waals surface area contributed by atoms with Gasteiger partial charge in [0, 0.05) is 19.3 Å². The Kier molecular flexibility index (Phi) is 52.5. The van der Waals surface area contributed by atoms with Gasteiger partial charge in [0.05, 0.1) is 0 Å². The van der Waals surface area contributed by atoms with Gasteiger partial charge < -0.3 is 14.2 Å². The molecule has 0 rings (SSSR count). The SMILES string of the molecule is CC/C=C/C=C/C=C/C=C/C=C/C=C/C=C/CCCCCC(=O)OCC(COC(=O)CCCCCCC/C=C/C=C/C=C/CC)OC(=O)CCCCCCCCC/C=C/CCCCCCCCCC. The zero-order valence-corrected chi connectivity index (χ0v) is 44.3. The van der Waals surface area contributed by atoms with Crippen LogP contribution in [0.5, 0.6) is 0 Å². The Morgan fingerprint density at radius 3 is 0.942 bits per heavy atom. The van der Waals surface area contributed by atoms with Crippen molar-refractivity contribution in [2.75, 3.05) is 13.2 Å². The van der Waals surface area contributed by atoms with E-state index < -0.39 is 6.10 Å². The summed E-state index contributed by atoms with van der Waals surface area (Å²) in [6.45, 7) is 6.29. The number of ether oxygens (including phenoxy) is 3. The zero-order chi connectivity index (χ0) is 50.0. The summed E-state index contributed by atoms with van der Waals surface area (Å²) in [5.41, 5.74) is 0. The molecule has 0 spiro atoms. The molecule has 0 aliphatic heterocycles. The molecule has 6 nitrogen and oxygen atoms in total. The molecule has 0 aliphatic carbocycles. The van der Waals surface area contributed by atoms with Crippen LogP contribution in [0.4, 0.5) is 0 Å². The minimum atomic E-state index is -0.813. The molecular weight excluding hydrogens is 853 g/mol. The summed E-state index contributed by atoms with van der Waals surface area (Å²) in [6, 6.07) is 0. The van der Waals surface area contributed by atoms with Crippen LogP contribution in [-0.4, -0.2) is 37.2 Å². The summed E-state index contributed by atoms with van der Waals surface area (Å²) in [7, 11) is 0. The lowest BCUT2D eigenvalue weighted by Crippen LogP contribution is -2.30. The molecule has 1 atom stereocenters. The van der Waals surface area contributed by atoms with Gasteiger partial charge in [-0.2, -0.15) is 0 Å². The minimum Gasteiger partial charge on any atom is -0.462 e. The second-order valence-electron chi connectivity index (χ2n) is 18.0. The average molecular weight is 953 g/mol. The highest BCUT2D eigenvalue weighted by Crippen LogP contribution is 2.14. The van der Waals surface area contributed by atoms with Crippen molar-refractivity contribution < 1.29 is 28.6 Å². The van der Waals surface area contributed by atoms with Crippen molar-refractivity contribution in [2.24, 2.45) is 0 Å². The number of carbonyl (C=O) groups excluding carboxylic acids is 3. The van der Waals surface area contributed by atoms with Gasteiger partial charge in [0.2, 0.25) is 0 Å². The Balaban J connectivity index is 4.52. The zero-order valence-electron chi connectivity index (χ0n) is 44.3. The molecule has 0 saturated heterocycles. The average Bonchev–Trinajstić information content (AvgIpc) is 3.35. The molecule has 0 aromatic heterocycles. The van der Waals surface area contributed by atoms with E-state index in [0.29, 0.717) is 19.3 Å². The van der Waals surface area contributed by atoms with E-state index in [-0.39, 0.29) is 31.1 Å². The first-order valence-corrected chi connectivity index (χ1v) is 27.8. The highest BCUT2D eigenvalue weighted by atomic mass is 16.6. The Morgan fingerprint density at radius 1 is 0.304 bits per heavy atom. The number of hydrogen-bond acceptors (Lipinski definition) is 6. The fourth-order valence-corrected chi connectivity index (χ4v) is 7.24. The van der Waals surface area contributed by atoms with Gasteiger partial charge >= 0.3 is 17.9 Å². The molecule has 0 amide bonds. The summed E-state index contributed by atoms with van der Waals surface area (Å²) in [5, 5.41) is 0. The summed E-state index contributed by atoms with van der Waals surface area (Å²) >= 11 is 0. The van der Waals surface area contributed by atoms with Gasteiger partial charge in [-0.25, -0.2) is 0 Å². The van der Waals surface area contributed by atoms with Crippen molar-refractivity contribution >= 4 is 17.9 Å². The number of rotatable bonds is 48. The molecule has 0 aliphatic rings. The summed E-state index contributed by atoms with van der Waals surface area (Å²) < 4.78 is 16.8. The molecule has 1 unspecified atom stereocenters. The van der Waals surface area contributed by atoms with Crippen molar-refractivity contribution in [1.82, 2.24) is 0 Å². The van der Waals surface area contributed by atoms with E-state index in [0.717, 1.165) is 96.3 Å². The van der Waals surface area contributed by atoms with Gasteiger partial charge in [-0.15, -0.1) is 0 Å². The highest BCUT2D eigenvalue weighted by Gasteiger charge is 2.19. The monoisotopic (exact) mass is 953 g/mol. The maximum Gasteiger partial charge on any atom is 0.306 e. The summed E-state index contributed by atoms with van der Waals surface area (Å²) in [6.07, 6.45) is 78.6. The molecule has 0 saturated carbocycles. The van der Waals surface area contributed by atoms with Gasteiger partial charge in [0.15, 0.2) is 6.10 Å². The van der Waals surface area contributed by atoms with E-state index in [4.69, 9.17) is 14.2 Å². The Morgan fingerprint density at radius 2 is 0.580 bits per heavy atom. The van der Waals surface area contributed by atoms with Gasteiger partial charge in [0.1, 0.15) is 13.2 Å². The molecule has 0 heterocycles. The first kappa shape index (κ1) is 64.5. The lowest BCUT2D eigenvalue weighted by atomic mass is 10.1. The number of esters is 3. The van der Waals surface area contributed by atoms with Crippen LogP contribution in [0.1, 0.15) is 226 Å². The van der Waals surface area contributed by atoms with Gasteiger partial charge in [0.25, 0.3) is 0 Å². The van der Waals surface area contributed by atoms with Crippen LogP contribution in [-0.2, 0) is 28.6 Å². The van der Waals surface area contributed by atoms with Crippen LogP contribution in [0.2, 0.25) is 0 Å². The number of carbonyl (C=O) groups is 3. The van der Waals surface area contributed by atoms with Crippen molar-refractivity contribution in [3.05, 3.63) is 134 Å². The molecular formula is C63H100O6. The topological polar surface area (TPSA) is 78.9 Å². The van der Waals surface area contributed by atoms with E-state index in [9.17, 15) is 14.4 Å². The smallest absolute Gasteiger partial charge is 0.306 e.